The normalized spacial score (nSPS) is 11.5. The van der Waals surface area contributed by atoms with Gasteiger partial charge in [0.05, 0.1) is 7.05 Å². The van der Waals surface area contributed by atoms with Gasteiger partial charge in [-0.3, -0.25) is 9.59 Å². The highest BCUT2D eigenvalue weighted by Crippen LogP contribution is 2.13. The molecule has 0 saturated carbocycles. The van der Waals surface area contributed by atoms with Crippen molar-refractivity contribution in [3.05, 3.63) is 54.1 Å². The third kappa shape index (κ3) is 6.22. The fourth-order valence-electron chi connectivity index (χ4n) is 2.64. The molecule has 0 aliphatic heterocycles. The average Bonchev–Trinajstić information content (AvgIpc) is 2.56. The Labute approximate surface area is 154 Å². The highest BCUT2D eigenvalue weighted by molar-refractivity contribution is 5.92. The van der Waals surface area contributed by atoms with Gasteiger partial charge in [0, 0.05) is 43.6 Å². The highest BCUT2D eigenvalue weighted by Gasteiger charge is 2.11. The van der Waals surface area contributed by atoms with E-state index in [0.29, 0.717) is 17.9 Å². The largest absolute Gasteiger partial charge is 0.378 e. The maximum Gasteiger partial charge on any atom is 0.279 e. The second-order valence-corrected chi connectivity index (χ2v) is 6.68. The van der Waals surface area contributed by atoms with Crippen LogP contribution in [-0.2, 0) is 16.1 Å². The van der Waals surface area contributed by atoms with Gasteiger partial charge in [0.1, 0.15) is 6.54 Å². The molecule has 1 unspecified atom stereocenters. The SMILES string of the molecule is CC(=O)Nc1ccc(NC(=O)C[NH+](C)Cc2ccc(N(C)C)cc2)cc1. The van der Waals surface area contributed by atoms with Crippen molar-refractivity contribution in [2.75, 3.05) is 43.2 Å². The lowest BCUT2D eigenvalue weighted by Gasteiger charge is -2.16. The van der Waals surface area contributed by atoms with Crippen LogP contribution in [0.2, 0.25) is 0 Å². The summed E-state index contributed by atoms with van der Waals surface area (Å²) in [5, 5.41) is 5.58. The Morgan fingerprint density at radius 2 is 1.46 bits per heavy atom. The first kappa shape index (κ1) is 19.5. The number of carbonyl (C=O) groups is 2. The highest BCUT2D eigenvalue weighted by atomic mass is 16.2. The fraction of sp³-hybridized carbons (Fsp3) is 0.300. The van der Waals surface area contributed by atoms with Crippen LogP contribution in [-0.4, -0.2) is 39.5 Å². The van der Waals surface area contributed by atoms with E-state index >= 15 is 0 Å². The summed E-state index contributed by atoms with van der Waals surface area (Å²) in [6.07, 6.45) is 0. The molecule has 138 valence electrons. The third-order valence-corrected chi connectivity index (χ3v) is 3.91. The Morgan fingerprint density at radius 1 is 0.923 bits per heavy atom. The zero-order chi connectivity index (χ0) is 19.1. The van der Waals surface area contributed by atoms with E-state index in [9.17, 15) is 9.59 Å². The van der Waals surface area contributed by atoms with Crippen molar-refractivity contribution in [1.29, 1.82) is 0 Å². The van der Waals surface area contributed by atoms with Crippen LogP contribution in [0.1, 0.15) is 12.5 Å². The lowest BCUT2D eigenvalue weighted by molar-refractivity contribution is -0.885. The molecular weight excluding hydrogens is 328 g/mol. The van der Waals surface area contributed by atoms with E-state index in [4.69, 9.17) is 0 Å². The Hall–Kier alpha value is -2.86. The first-order chi connectivity index (χ1) is 12.3. The molecule has 0 saturated heterocycles. The van der Waals surface area contributed by atoms with E-state index < -0.39 is 0 Å². The van der Waals surface area contributed by atoms with Crippen LogP contribution in [0.4, 0.5) is 17.1 Å². The van der Waals surface area contributed by atoms with E-state index in [1.807, 2.05) is 21.1 Å². The summed E-state index contributed by atoms with van der Waals surface area (Å²) >= 11 is 0. The first-order valence-corrected chi connectivity index (χ1v) is 8.58. The Morgan fingerprint density at radius 3 is 1.96 bits per heavy atom. The second-order valence-electron chi connectivity index (χ2n) is 6.68. The van der Waals surface area contributed by atoms with E-state index in [0.717, 1.165) is 17.1 Å². The molecule has 2 aromatic rings. The number of amides is 2. The fourth-order valence-corrected chi connectivity index (χ4v) is 2.64. The topological polar surface area (TPSA) is 65.9 Å². The number of anilines is 3. The van der Waals surface area contributed by atoms with Gasteiger partial charge in [0.15, 0.2) is 6.54 Å². The van der Waals surface area contributed by atoms with Gasteiger partial charge < -0.3 is 20.4 Å². The molecule has 0 fully saturated rings. The molecule has 0 aromatic heterocycles. The average molecular weight is 355 g/mol. The minimum Gasteiger partial charge on any atom is -0.378 e. The number of rotatable bonds is 7. The molecule has 0 heterocycles. The third-order valence-electron chi connectivity index (χ3n) is 3.91. The number of nitrogens with one attached hydrogen (secondary N) is 3. The number of hydrogen-bond acceptors (Lipinski definition) is 3. The maximum atomic E-state index is 12.2. The maximum absolute atomic E-state index is 12.2. The van der Waals surface area contributed by atoms with Crippen molar-refractivity contribution >= 4 is 28.9 Å². The van der Waals surface area contributed by atoms with Gasteiger partial charge in [-0.15, -0.1) is 0 Å². The van der Waals surface area contributed by atoms with Crippen LogP contribution >= 0.6 is 0 Å². The minimum atomic E-state index is -0.120. The van der Waals surface area contributed by atoms with Crippen molar-refractivity contribution < 1.29 is 14.5 Å². The van der Waals surface area contributed by atoms with Crippen molar-refractivity contribution in [2.24, 2.45) is 0 Å². The predicted molar refractivity (Wildman–Crippen MR) is 106 cm³/mol. The minimum absolute atomic E-state index is 0.0420. The van der Waals surface area contributed by atoms with E-state index in [-0.39, 0.29) is 11.8 Å². The summed E-state index contributed by atoms with van der Waals surface area (Å²) in [5.74, 6) is -0.162. The molecule has 1 atom stereocenters. The summed E-state index contributed by atoms with van der Waals surface area (Å²) in [5.41, 5.74) is 3.78. The number of hydrogen-bond donors (Lipinski definition) is 3. The Bertz CT molecular complexity index is 739. The second kappa shape index (κ2) is 9.01. The van der Waals surface area contributed by atoms with Gasteiger partial charge in [0.25, 0.3) is 5.91 Å². The Balaban J connectivity index is 1.83. The number of benzene rings is 2. The van der Waals surface area contributed by atoms with Gasteiger partial charge in [-0.05, 0) is 36.4 Å². The monoisotopic (exact) mass is 355 g/mol. The lowest BCUT2D eigenvalue weighted by Crippen LogP contribution is -3.08. The van der Waals surface area contributed by atoms with Crippen molar-refractivity contribution in [3.63, 3.8) is 0 Å². The van der Waals surface area contributed by atoms with Crippen LogP contribution in [0, 0.1) is 0 Å². The van der Waals surface area contributed by atoms with Crippen LogP contribution < -0.4 is 20.4 Å². The van der Waals surface area contributed by atoms with Crippen molar-refractivity contribution in [1.82, 2.24) is 0 Å². The molecule has 2 amide bonds. The molecule has 26 heavy (non-hydrogen) atoms. The zero-order valence-corrected chi connectivity index (χ0v) is 15.8. The van der Waals surface area contributed by atoms with Gasteiger partial charge in [-0.2, -0.15) is 0 Å². The summed E-state index contributed by atoms with van der Waals surface area (Å²) in [7, 11) is 6.03. The summed E-state index contributed by atoms with van der Waals surface area (Å²) in [6.45, 7) is 2.62. The molecule has 2 aromatic carbocycles. The standard InChI is InChI=1S/C20H26N4O2/c1-15(25)21-17-7-9-18(10-8-17)22-20(26)14-24(4)13-16-5-11-19(12-6-16)23(2)3/h5-12H,13-14H2,1-4H3,(H,21,25)(H,22,26)/p+1. The van der Waals surface area contributed by atoms with Gasteiger partial charge in [-0.1, -0.05) is 12.1 Å². The van der Waals surface area contributed by atoms with Crippen LogP contribution in [0.5, 0.6) is 0 Å². The number of nitrogens with zero attached hydrogens (tertiary/aromatic N) is 1. The van der Waals surface area contributed by atoms with E-state index in [1.165, 1.54) is 12.5 Å². The van der Waals surface area contributed by atoms with Gasteiger partial charge in [-0.25, -0.2) is 0 Å². The summed E-state index contributed by atoms with van der Waals surface area (Å²) in [6, 6.07) is 15.4. The van der Waals surface area contributed by atoms with Gasteiger partial charge >= 0.3 is 0 Å². The van der Waals surface area contributed by atoms with Crippen molar-refractivity contribution in [3.8, 4) is 0 Å². The van der Waals surface area contributed by atoms with Gasteiger partial charge in [0.2, 0.25) is 5.91 Å². The molecule has 0 spiro atoms. The summed E-state index contributed by atoms with van der Waals surface area (Å²) in [4.78, 5) is 26.4. The zero-order valence-electron chi connectivity index (χ0n) is 15.8. The number of carbonyl (C=O) groups excluding carboxylic acids is 2. The van der Waals surface area contributed by atoms with Crippen molar-refractivity contribution in [2.45, 2.75) is 13.5 Å². The van der Waals surface area contributed by atoms with Crippen LogP contribution in [0.3, 0.4) is 0 Å². The predicted octanol–water partition coefficient (Wildman–Crippen LogP) is 1.36. The number of likely N-dealkylation sites (N-methyl/N-ethyl adjacent to an activating group) is 1. The molecular formula is C20H27N4O2+. The Kier molecular flexibility index (Phi) is 6.74. The number of quaternary nitrogens is 1. The lowest BCUT2D eigenvalue weighted by atomic mass is 10.2. The van der Waals surface area contributed by atoms with E-state index in [2.05, 4.69) is 39.8 Å². The molecule has 0 aliphatic rings. The molecule has 2 rings (SSSR count). The summed E-state index contributed by atoms with van der Waals surface area (Å²) < 4.78 is 0. The molecule has 6 heteroatoms. The first-order valence-electron chi connectivity index (χ1n) is 8.58. The molecule has 3 N–H and O–H groups in total. The molecule has 0 radical (unpaired) electrons. The molecule has 0 aliphatic carbocycles. The molecule has 0 bridgehead atoms. The smallest absolute Gasteiger partial charge is 0.279 e. The molecule has 6 nitrogen and oxygen atoms in total. The van der Waals surface area contributed by atoms with Crippen LogP contribution in [0.15, 0.2) is 48.5 Å². The van der Waals surface area contributed by atoms with Crippen LogP contribution in [0.25, 0.3) is 0 Å². The van der Waals surface area contributed by atoms with E-state index in [1.54, 1.807) is 24.3 Å². The quantitative estimate of drug-likeness (QED) is 0.703.